The summed E-state index contributed by atoms with van der Waals surface area (Å²) in [5, 5.41) is 3.38. The predicted molar refractivity (Wildman–Crippen MR) is 62.8 cm³/mol. The third-order valence-electron chi connectivity index (χ3n) is 2.04. The van der Waals surface area contributed by atoms with E-state index in [4.69, 9.17) is 0 Å². The fourth-order valence-electron chi connectivity index (χ4n) is 1.33. The van der Waals surface area contributed by atoms with Gasteiger partial charge in [-0.3, -0.25) is 0 Å². The molecule has 0 saturated carbocycles. The van der Waals surface area contributed by atoms with Gasteiger partial charge < -0.3 is 5.32 Å². The minimum atomic E-state index is 0.919. The van der Waals surface area contributed by atoms with E-state index in [0.29, 0.717) is 0 Å². The van der Waals surface area contributed by atoms with Gasteiger partial charge in [0.2, 0.25) is 0 Å². The number of rotatable bonds is 3. The van der Waals surface area contributed by atoms with Crippen LogP contribution in [-0.4, -0.2) is 0 Å². The summed E-state index contributed by atoms with van der Waals surface area (Å²) in [6.45, 7) is 3.05. The van der Waals surface area contributed by atoms with E-state index in [1.165, 1.54) is 15.4 Å². The van der Waals surface area contributed by atoms with Gasteiger partial charge in [0.25, 0.3) is 0 Å². The van der Waals surface area contributed by atoms with E-state index in [-0.39, 0.29) is 0 Å². The lowest BCUT2D eigenvalue weighted by Crippen LogP contribution is -1.96. The summed E-state index contributed by atoms with van der Waals surface area (Å²) in [4.78, 5) is 2.75. The van der Waals surface area contributed by atoms with Gasteiger partial charge in [0.05, 0.1) is 0 Å². The highest BCUT2D eigenvalue weighted by molar-refractivity contribution is 7.11. The maximum atomic E-state index is 3.38. The Labute approximate surface area is 88.4 Å². The number of aryl methyl sites for hydroxylation is 1. The third kappa shape index (κ3) is 2.36. The second-order valence-corrected chi connectivity index (χ2v) is 4.60. The molecule has 0 aliphatic heterocycles. The molecule has 1 aromatic heterocycles. The van der Waals surface area contributed by atoms with Crippen molar-refractivity contribution in [1.29, 1.82) is 0 Å². The molecule has 0 spiro atoms. The zero-order valence-corrected chi connectivity index (χ0v) is 8.97. The zero-order valence-electron chi connectivity index (χ0n) is 8.16. The van der Waals surface area contributed by atoms with Gasteiger partial charge in [-0.25, -0.2) is 0 Å². The van der Waals surface area contributed by atoms with Crippen LogP contribution in [0.15, 0.2) is 42.5 Å². The van der Waals surface area contributed by atoms with E-state index in [2.05, 4.69) is 36.5 Å². The van der Waals surface area contributed by atoms with Crippen molar-refractivity contribution >= 4 is 17.0 Å². The number of hydrogen-bond donors (Lipinski definition) is 1. The molecule has 1 N–H and O–H groups in total. The zero-order chi connectivity index (χ0) is 9.80. The van der Waals surface area contributed by atoms with Crippen LogP contribution in [0.3, 0.4) is 0 Å². The molecule has 0 atom stereocenters. The van der Waals surface area contributed by atoms with Crippen molar-refractivity contribution in [1.82, 2.24) is 0 Å². The van der Waals surface area contributed by atoms with E-state index in [1.807, 2.05) is 29.5 Å². The van der Waals surface area contributed by atoms with Crippen LogP contribution < -0.4 is 5.32 Å². The molecule has 2 heteroatoms. The minimum Gasteiger partial charge on any atom is -0.380 e. The highest BCUT2D eigenvalue weighted by Gasteiger charge is 1.95. The van der Waals surface area contributed by atoms with E-state index < -0.39 is 0 Å². The fraction of sp³-hybridized carbons (Fsp3) is 0.167. The average molecular weight is 203 g/mol. The smallest absolute Gasteiger partial charge is 0.0494 e. The van der Waals surface area contributed by atoms with Crippen LogP contribution in [0.5, 0.6) is 0 Å². The van der Waals surface area contributed by atoms with Gasteiger partial charge in [-0.15, -0.1) is 11.3 Å². The molecule has 1 heterocycles. The molecule has 0 unspecified atom stereocenters. The van der Waals surface area contributed by atoms with E-state index >= 15 is 0 Å². The van der Waals surface area contributed by atoms with Crippen LogP contribution in [-0.2, 0) is 6.54 Å². The first kappa shape index (κ1) is 9.28. The fourth-order valence-corrected chi connectivity index (χ4v) is 2.16. The van der Waals surface area contributed by atoms with Crippen molar-refractivity contribution in [2.24, 2.45) is 0 Å². The topological polar surface area (TPSA) is 12.0 Å². The maximum absolute atomic E-state index is 3.38. The van der Waals surface area contributed by atoms with Crippen molar-refractivity contribution in [3.8, 4) is 0 Å². The monoisotopic (exact) mass is 203 g/mol. The summed E-state index contributed by atoms with van der Waals surface area (Å²) in [5.74, 6) is 0. The van der Waals surface area contributed by atoms with Crippen molar-refractivity contribution in [3.05, 3.63) is 52.2 Å². The molecule has 0 radical (unpaired) electrons. The molecule has 0 amide bonds. The largest absolute Gasteiger partial charge is 0.380 e. The second-order valence-electron chi connectivity index (χ2n) is 3.23. The van der Waals surface area contributed by atoms with Gasteiger partial charge in [-0.2, -0.15) is 0 Å². The summed E-state index contributed by atoms with van der Waals surface area (Å²) in [5.41, 5.74) is 1.18. The van der Waals surface area contributed by atoms with E-state index in [9.17, 15) is 0 Å². The molecular formula is C12H13NS. The van der Waals surface area contributed by atoms with Crippen LogP contribution in [0.2, 0.25) is 0 Å². The second kappa shape index (κ2) is 4.29. The van der Waals surface area contributed by atoms with Gasteiger partial charge in [0, 0.05) is 22.0 Å². The van der Waals surface area contributed by atoms with Gasteiger partial charge in [-0.05, 0) is 31.2 Å². The summed E-state index contributed by atoms with van der Waals surface area (Å²) >= 11 is 1.84. The van der Waals surface area contributed by atoms with Gasteiger partial charge in [-0.1, -0.05) is 18.2 Å². The third-order valence-corrected chi connectivity index (χ3v) is 3.04. The quantitative estimate of drug-likeness (QED) is 0.802. The lowest BCUT2D eigenvalue weighted by Gasteiger charge is -2.03. The average Bonchev–Trinajstić information content (AvgIpc) is 2.63. The Bertz CT molecular complexity index is 392. The molecule has 0 fully saturated rings. The van der Waals surface area contributed by atoms with Crippen molar-refractivity contribution in [3.63, 3.8) is 0 Å². The Hall–Kier alpha value is -1.28. The Kier molecular flexibility index (Phi) is 2.84. The normalized spacial score (nSPS) is 10.1. The minimum absolute atomic E-state index is 0.919. The number of hydrogen-bond acceptors (Lipinski definition) is 2. The summed E-state index contributed by atoms with van der Waals surface area (Å²) in [6.07, 6.45) is 0. The Morgan fingerprint density at radius 3 is 2.50 bits per heavy atom. The molecule has 72 valence electrons. The molecule has 1 aromatic carbocycles. The lowest BCUT2D eigenvalue weighted by molar-refractivity contribution is 1.19. The predicted octanol–water partition coefficient (Wildman–Crippen LogP) is 3.67. The number of anilines is 1. The van der Waals surface area contributed by atoms with Gasteiger partial charge in [0.15, 0.2) is 0 Å². The standard InChI is InChI=1S/C12H13NS/c1-10-7-8-12(14-10)9-13-11-5-3-2-4-6-11/h2-8,13H,9H2,1H3. The van der Waals surface area contributed by atoms with Crippen LogP contribution in [0.1, 0.15) is 9.75 Å². The Morgan fingerprint density at radius 2 is 1.86 bits per heavy atom. The highest BCUT2D eigenvalue weighted by Crippen LogP contribution is 2.16. The van der Waals surface area contributed by atoms with Gasteiger partial charge >= 0.3 is 0 Å². The highest BCUT2D eigenvalue weighted by atomic mass is 32.1. The lowest BCUT2D eigenvalue weighted by atomic mass is 10.3. The number of benzene rings is 1. The summed E-state index contributed by atoms with van der Waals surface area (Å²) in [6, 6.07) is 14.6. The van der Waals surface area contributed by atoms with Crippen LogP contribution in [0.4, 0.5) is 5.69 Å². The molecule has 0 aliphatic carbocycles. The maximum Gasteiger partial charge on any atom is 0.0494 e. The van der Waals surface area contributed by atoms with Crippen LogP contribution >= 0.6 is 11.3 Å². The number of nitrogens with one attached hydrogen (secondary N) is 1. The molecule has 1 nitrogen and oxygen atoms in total. The molecule has 2 aromatic rings. The van der Waals surface area contributed by atoms with Crippen LogP contribution in [0, 0.1) is 6.92 Å². The Balaban J connectivity index is 1.95. The number of para-hydroxylation sites is 1. The first-order valence-electron chi connectivity index (χ1n) is 4.69. The summed E-state index contributed by atoms with van der Waals surface area (Å²) in [7, 11) is 0. The molecular weight excluding hydrogens is 190 g/mol. The summed E-state index contributed by atoms with van der Waals surface area (Å²) < 4.78 is 0. The van der Waals surface area contributed by atoms with Crippen molar-refractivity contribution in [2.75, 3.05) is 5.32 Å². The first-order chi connectivity index (χ1) is 6.84. The number of thiophene rings is 1. The van der Waals surface area contributed by atoms with Crippen molar-refractivity contribution in [2.45, 2.75) is 13.5 Å². The Morgan fingerprint density at radius 1 is 1.07 bits per heavy atom. The van der Waals surface area contributed by atoms with E-state index in [1.54, 1.807) is 0 Å². The SMILES string of the molecule is Cc1ccc(CNc2ccccc2)s1. The molecule has 2 rings (SSSR count). The molecule has 14 heavy (non-hydrogen) atoms. The molecule has 0 aliphatic rings. The van der Waals surface area contributed by atoms with Gasteiger partial charge in [0.1, 0.15) is 0 Å². The van der Waals surface area contributed by atoms with Crippen molar-refractivity contribution < 1.29 is 0 Å². The van der Waals surface area contributed by atoms with Crippen LogP contribution in [0.25, 0.3) is 0 Å². The molecule has 0 bridgehead atoms. The first-order valence-corrected chi connectivity index (χ1v) is 5.50. The molecule has 0 saturated heterocycles. The van der Waals surface area contributed by atoms with E-state index in [0.717, 1.165) is 6.54 Å².